The minimum atomic E-state index is -1.71. The summed E-state index contributed by atoms with van der Waals surface area (Å²) in [5, 5.41) is 245. The molecule has 8 heterocycles. The van der Waals surface area contributed by atoms with Crippen LogP contribution in [-0.2, 0) is 85.4 Å². The molecule has 24 N–H and O–H groups in total. The first-order valence-electron chi connectivity index (χ1n) is 41.7. The van der Waals surface area contributed by atoms with Gasteiger partial charge in [0.05, 0.1) is 83.4 Å². The molecule has 0 aromatic carbocycles. The van der Waals surface area contributed by atoms with Crippen molar-refractivity contribution in [2.45, 2.75) is 404 Å². The number of ether oxygens (including phenoxy) is 15. The molecule has 0 spiro atoms. The Hall–Kier alpha value is -3.03. The van der Waals surface area contributed by atoms with Gasteiger partial charge in [-0.05, 0) is 39.4 Å². The molecule has 42 heteroatoms. The van der Waals surface area contributed by atoms with Gasteiger partial charge in [0, 0.05) is 25.2 Å². The molecule has 40 atom stereocenters. The number of aliphatic hydroxyl groups excluding tert-OH is 24. The standard InChI is InChI=1S/3C21H38O11.C17H32O9.2CH4/c1-9(2)6-12(24)31-17-11(8-23)30-20(16(28)14(17)26)32-18-10(7-22)29-19(21(3,4)5)15(27)13(18)25;1-9(2)6-12(24)31-18-13(25)10(7-22)30-20(16(18)28)32-17-11(8-23)29-19(21(3,4)5)15(27)14(17)26;1-9(2)6-12(24)31-18-14(26)13(25)10(7-22)30-20(18)32-17-11(8-23)29-19(21(3,4)5)16(28)15(17)27;1-7-10(20)8(5-18)25-16(11(7)21)26-14-9(6-19)24-15(17(2,3)4)13(23)12(14)22;;/h3*9-11,13-20,22-23,25-28H,6-8H2,1-5H3;7-16,18-23H,5-6H2,1-4H3;2*1H4. The van der Waals surface area contributed by atoms with Crippen molar-refractivity contribution in [3.63, 3.8) is 0 Å². The lowest BCUT2D eigenvalue weighted by molar-refractivity contribution is -0.347. The molecule has 0 aromatic rings. The van der Waals surface area contributed by atoms with Crippen molar-refractivity contribution in [1.29, 1.82) is 0 Å². The van der Waals surface area contributed by atoms with Gasteiger partial charge in [0.1, 0.15) is 165 Å². The molecule has 0 amide bonds. The second kappa shape index (κ2) is 49.6. The number of rotatable bonds is 25. The lowest BCUT2D eigenvalue weighted by Gasteiger charge is -2.49. The summed E-state index contributed by atoms with van der Waals surface area (Å²) in [6.07, 6.45) is -50.3. The maximum atomic E-state index is 12.2. The van der Waals surface area contributed by atoms with Crippen LogP contribution in [0.1, 0.15) is 166 Å². The van der Waals surface area contributed by atoms with Gasteiger partial charge in [0.2, 0.25) is 0 Å². The highest BCUT2D eigenvalue weighted by Gasteiger charge is 2.59. The third-order valence-electron chi connectivity index (χ3n) is 22.3. The molecular formula is C82H154O42. The van der Waals surface area contributed by atoms with Crippen LogP contribution >= 0.6 is 0 Å². The molecule has 734 valence electrons. The van der Waals surface area contributed by atoms with E-state index in [9.17, 15) is 137 Å². The Labute approximate surface area is 726 Å². The fraction of sp³-hybridized carbons (Fsp3) is 0.963. The van der Waals surface area contributed by atoms with Crippen LogP contribution in [0.4, 0.5) is 0 Å². The van der Waals surface area contributed by atoms with Crippen LogP contribution in [0.25, 0.3) is 0 Å². The molecule has 124 heavy (non-hydrogen) atoms. The quantitative estimate of drug-likeness (QED) is 0.0299. The second-order valence-corrected chi connectivity index (χ2v) is 38.2. The maximum absolute atomic E-state index is 12.2. The van der Waals surface area contributed by atoms with Crippen LogP contribution in [-0.4, -0.2) is 432 Å². The highest BCUT2D eigenvalue weighted by molar-refractivity contribution is 5.70. The van der Waals surface area contributed by atoms with Gasteiger partial charge >= 0.3 is 17.9 Å². The highest BCUT2D eigenvalue weighted by Crippen LogP contribution is 2.42. The molecule has 0 bridgehead atoms. The van der Waals surface area contributed by atoms with Crippen LogP contribution in [0.3, 0.4) is 0 Å². The Bertz CT molecular complexity index is 3050. The predicted molar refractivity (Wildman–Crippen MR) is 430 cm³/mol. The summed E-state index contributed by atoms with van der Waals surface area (Å²) in [6.45, 7) is 29.6. The minimum Gasteiger partial charge on any atom is -0.457 e. The van der Waals surface area contributed by atoms with Crippen molar-refractivity contribution < 1.29 is 208 Å². The normalized spacial score (nSPS) is 41.8. The van der Waals surface area contributed by atoms with E-state index in [0.29, 0.717) is 0 Å². The number of hydrogen-bond acceptors (Lipinski definition) is 42. The summed E-state index contributed by atoms with van der Waals surface area (Å²) in [6, 6.07) is 0. The van der Waals surface area contributed by atoms with Crippen molar-refractivity contribution in [2.75, 3.05) is 52.9 Å². The summed E-state index contributed by atoms with van der Waals surface area (Å²) >= 11 is 0. The van der Waals surface area contributed by atoms with Crippen LogP contribution in [0.5, 0.6) is 0 Å². The fourth-order valence-electron chi connectivity index (χ4n) is 15.4. The first-order chi connectivity index (χ1) is 56.5. The van der Waals surface area contributed by atoms with Gasteiger partial charge in [-0.25, -0.2) is 0 Å². The van der Waals surface area contributed by atoms with Gasteiger partial charge in [-0.1, -0.05) is 146 Å². The van der Waals surface area contributed by atoms with Crippen LogP contribution in [0.2, 0.25) is 0 Å². The van der Waals surface area contributed by atoms with Gasteiger partial charge in [0.15, 0.2) is 43.5 Å². The van der Waals surface area contributed by atoms with E-state index in [4.69, 9.17) is 71.1 Å². The second-order valence-electron chi connectivity index (χ2n) is 38.2. The molecule has 8 saturated heterocycles. The first kappa shape index (κ1) is 115. The Balaban J connectivity index is 0.000000426. The zero-order valence-electron chi connectivity index (χ0n) is 73.2. The molecule has 0 saturated carbocycles. The average Bonchev–Trinajstić information content (AvgIpc) is 0.782. The molecule has 42 nitrogen and oxygen atoms in total. The van der Waals surface area contributed by atoms with Crippen molar-refractivity contribution in [1.82, 2.24) is 0 Å². The summed E-state index contributed by atoms with van der Waals surface area (Å²) in [5.41, 5.74) is -2.15. The Morgan fingerprint density at radius 2 is 0.468 bits per heavy atom. The van der Waals surface area contributed by atoms with E-state index < -0.39 is 337 Å². The third kappa shape index (κ3) is 29.5. The predicted octanol–water partition coefficient (Wildman–Crippen LogP) is -5.87. The SMILES string of the molecule is C.C.CC(C)CC(=O)OC1C(CO)OC(OC2C(CO)OC(C(C)(C)C)C(O)C2O)C(O)C1O.CC(C)CC(=O)OC1C(O)C(CO)OC(OC2C(CO)OC(C(C)(C)C)C(O)C2O)C1O.CC(C)CC(=O)OC1C(OC2C(CO)OC(C(C)(C)C)C(O)C2O)OC(CO)C(O)C1O.CC1C(O)C(CO)OC(OC2C(CO)OC(C(C)(C)C)C(O)C2O)C1O. The number of aliphatic hydroxyl groups is 24. The zero-order chi connectivity index (χ0) is 92.9. The molecule has 8 aliphatic rings. The van der Waals surface area contributed by atoms with Gasteiger partial charge in [-0.2, -0.15) is 0 Å². The van der Waals surface area contributed by atoms with Crippen molar-refractivity contribution >= 4 is 17.9 Å². The lowest BCUT2D eigenvalue weighted by atomic mass is 9.80. The smallest absolute Gasteiger partial charge is 0.306 e. The van der Waals surface area contributed by atoms with Gasteiger partial charge in [0.25, 0.3) is 0 Å². The fourth-order valence-corrected chi connectivity index (χ4v) is 15.4. The van der Waals surface area contributed by atoms with E-state index in [1.807, 2.05) is 34.6 Å². The third-order valence-corrected chi connectivity index (χ3v) is 22.3. The average molecular weight is 1810 g/mol. The topological polar surface area (TPSA) is 675 Å². The van der Waals surface area contributed by atoms with Crippen molar-refractivity contribution in [3.05, 3.63) is 0 Å². The lowest BCUT2D eigenvalue weighted by Crippen LogP contribution is -2.66. The van der Waals surface area contributed by atoms with Crippen molar-refractivity contribution in [2.24, 2.45) is 45.3 Å². The highest BCUT2D eigenvalue weighted by atomic mass is 16.8. The van der Waals surface area contributed by atoms with E-state index in [2.05, 4.69) is 0 Å². The largest absolute Gasteiger partial charge is 0.457 e. The molecule has 8 fully saturated rings. The summed E-state index contributed by atoms with van der Waals surface area (Å²) < 4.78 is 83.5. The summed E-state index contributed by atoms with van der Waals surface area (Å²) in [5.74, 6) is -2.63. The van der Waals surface area contributed by atoms with Gasteiger partial charge in [-0.15, -0.1) is 0 Å². The maximum Gasteiger partial charge on any atom is 0.306 e. The van der Waals surface area contributed by atoms with Crippen LogP contribution < -0.4 is 0 Å². The molecule has 0 aliphatic carbocycles. The van der Waals surface area contributed by atoms with E-state index in [1.54, 1.807) is 96.9 Å². The Morgan fingerprint density at radius 3 is 0.758 bits per heavy atom. The van der Waals surface area contributed by atoms with Gasteiger partial charge < -0.3 is 194 Å². The van der Waals surface area contributed by atoms with E-state index in [0.717, 1.165) is 0 Å². The van der Waals surface area contributed by atoms with E-state index >= 15 is 0 Å². The molecule has 8 aliphatic heterocycles. The van der Waals surface area contributed by atoms with Crippen LogP contribution in [0.15, 0.2) is 0 Å². The monoisotopic (exact) mass is 1810 g/mol. The van der Waals surface area contributed by atoms with E-state index in [-0.39, 0.29) is 51.9 Å². The molecule has 0 aromatic heterocycles. The summed E-state index contributed by atoms with van der Waals surface area (Å²) in [7, 11) is 0. The Kier molecular flexibility index (Phi) is 46.1. The molecule has 40 unspecified atom stereocenters. The first-order valence-corrected chi connectivity index (χ1v) is 41.7. The summed E-state index contributed by atoms with van der Waals surface area (Å²) in [4.78, 5) is 36.4. The molecule has 8 rings (SSSR count). The number of carbonyl (C=O) groups is 3. The number of hydrogen-bond donors (Lipinski definition) is 24. The zero-order valence-corrected chi connectivity index (χ0v) is 73.2. The molecular weight excluding hydrogens is 1660 g/mol. The van der Waals surface area contributed by atoms with Crippen molar-refractivity contribution in [3.8, 4) is 0 Å². The number of esters is 3. The van der Waals surface area contributed by atoms with Crippen LogP contribution in [0, 0.1) is 45.3 Å². The number of carbonyl (C=O) groups excluding carboxylic acids is 3. The Morgan fingerprint density at radius 1 is 0.250 bits per heavy atom. The minimum absolute atomic E-state index is 0. The molecule has 0 radical (unpaired) electrons. The van der Waals surface area contributed by atoms with Gasteiger partial charge in [-0.3, -0.25) is 14.4 Å². The van der Waals surface area contributed by atoms with E-state index in [1.165, 1.54) is 0 Å².